The lowest BCUT2D eigenvalue weighted by atomic mass is 9.95. The highest BCUT2D eigenvalue weighted by Gasteiger charge is 2.31. The van der Waals surface area contributed by atoms with Gasteiger partial charge in [0.25, 0.3) is 15.9 Å². The molecule has 3 aromatic carbocycles. The molecular weight excluding hydrogens is 544 g/mol. The quantitative estimate of drug-likeness (QED) is 0.232. The topological polar surface area (TPSA) is 92.8 Å². The summed E-state index contributed by atoms with van der Waals surface area (Å²) in [6, 6.07) is 24.0. The van der Waals surface area contributed by atoms with Crippen LogP contribution in [0.25, 0.3) is 0 Å². The fraction of sp³-hybridized carbons (Fsp3) is 0.226. The number of anilines is 2. The second-order valence-corrected chi connectivity index (χ2v) is 12.4. The Kier molecular flexibility index (Phi) is 8.32. The zero-order valence-corrected chi connectivity index (χ0v) is 23.8. The molecule has 1 amide bonds. The molecule has 5 rings (SSSR count). The van der Waals surface area contributed by atoms with Crippen molar-refractivity contribution in [2.24, 2.45) is 0 Å². The predicted octanol–water partition coefficient (Wildman–Crippen LogP) is 6.45. The zero-order valence-electron chi connectivity index (χ0n) is 22.1. The summed E-state index contributed by atoms with van der Waals surface area (Å²) in [5, 5.41) is 3.37. The van der Waals surface area contributed by atoms with Crippen LogP contribution in [0.4, 0.5) is 10.7 Å². The minimum atomic E-state index is -4.03. The van der Waals surface area contributed by atoms with Gasteiger partial charge in [0, 0.05) is 4.88 Å². The van der Waals surface area contributed by atoms with E-state index in [-0.39, 0.29) is 29.3 Å². The molecule has 1 aromatic heterocycles. The van der Waals surface area contributed by atoms with E-state index in [1.807, 2.05) is 30.3 Å². The van der Waals surface area contributed by atoms with Crippen molar-refractivity contribution in [2.75, 3.05) is 16.2 Å². The Morgan fingerprint density at radius 2 is 1.55 bits per heavy atom. The van der Waals surface area contributed by atoms with Gasteiger partial charge in [0.2, 0.25) is 0 Å². The van der Waals surface area contributed by atoms with E-state index in [0.717, 1.165) is 41.7 Å². The van der Waals surface area contributed by atoms with Gasteiger partial charge in [-0.15, -0.1) is 11.3 Å². The number of hydrogen-bond acceptors (Lipinski definition) is 6. The SMILES string of the molecule is CCOC(=O)c1c(NC(=O)c2ccccc2N(Cc2ccccc2)S(=O)(=O)c2ccccc2)sc2c1CCCC2. The Morgan fingerprint density at radius 1 is 0.900 bits per heavy atom. The van der Waals surface area contributed by atoms with Crippen LogP contribution in [0, 0.1) is 0 Å². The first kappa shape index (κ1) is 27.6. The molecule has 0 aliphatic heterocycles. The Bertz CT molecular complexity index is 1620. The number of para-hydroxylation sites is 1. The van der Waals surface area contributed by atoms with E-state index in [1.54, 1.807) is 49.4 Å². The normalized spacial score (nSPS) is 12.8. The molecule has 1 N–H and O–H groups in total. The summed E-state index contributed by atoms with van der Waals surface area (Å²) in [6.45, 7) is 2.01. The number of hydrogen-bond donors (Lipinski definition) is 1. The minimum Gasteiger partial charge on any atom is -0.462 e. The highest BCUT2D eigenvalue weighted by atomic mass is 32.2. The van der Waals surface area contributed by atoms with Crippen molar-refractivity contribution in [1.29, 1.82) is 0 Å². The third-order valence-electron chi connectivity index (χ3n) is 6.80. The summed E-state index contributed by atoms with van der Waals surface area (Å²) < 4.78 is 34.5. The van der Waals surface area contributed by atoms with Gasteiger partial charge < -0.3 is 10.1 Å². The van der Waals surface area contributed by atoms with Crippen LogP contribution in [-0.4, -0.2) is 26.9 Å². The van der Waals surface area contributed by atoms with Gasteiger partial charge in [-0.2, -0.15) is 0 Å². The van der Waals surface area contributed by atoms with Crippen LogP contribution in [0.2, 0.25) is 0 Å². The maximum absolute atomic E-state index is 14.0. The molecule has 0 bridgehead atoms. The molecular formula is C31H30N2O5S2. The van der Waals surface area contributed by atoms with Gasteiger partial charge in [-0.3, -0.25) is 9.10 Å². The third kappa shape index (κ3) is 5.66. The second kappa shape index (κ2) is 12.1. The number of aryl methyl sites for hydroxylation is 1. The van der Waals surface area contributed by atoms with E-state index in [2.05, 4.69) is 5.32 Å². The molecule has 4 aromatic rings. The van der Waals surface area contributed by atoms with Crippen molar-refractivity contribution >= 4 is 43.9 Å². The number of nitrogens with zero attached hydrogens (tertiary/aromatic N) is 1. The van der Waals surface area contributed by atoms with Crippen molar-refractivity contribution in [3.05, 3.63) is 112 Å². The van der Waals surface area contributed by atoms with Gasteiger partial charge in [-0.25, -0.2) is 13.2 Å². The fourth-order valence-corrected chi connectivity index (χ4v) is 7.66. The average molecular weight is 575 g/mol. The molecule has 0 spiro atoms. The van der Waals surface area contributed by atoms with Crippen molar-refractivity contribution < 1.29 is 22.7 Å². The van der Waals surface area contributed by atoms with Gasteiger partial charge in [0.15, 0.2) is 0 Å². The number of fused-ring (bicyclic) bond motifs is 1. The first-order chi connectivity index (χ1) is 19.4. The van der Waals surface area contributed by atoms with Crippen LogP contribution < -0.4 is 9.62 Å². The van der Waals surface area contributed by atoms with Gasteiger partial charge in [-0.1, -0.05) is 60.7 Å². The lowest BCUT2D eigenvalue weighted by Crippen LogP contribution is -2.32. The summed E-state index contributed by atoms with van der Waals surface area (Å²) in [4.78, 5) is 28.0. The van der Waals surface area contributed by atoms with Crippen LogP contribution in [0.15, 0.2) is 89.8 Å². The van der Waals surface area contributed by atoms with E-state index in [9.17, 15) is 18.0 Å². The van der Waals surface area contributed by atoms with E-state index in [4.69, 9.17) is 4.74 Å². The Balaban J connectivity index is 1.56. The largest absolute Gasteiger partial charge is 0.462 e. The Labute approximate surface area is 238 Å². The summed E-state index contributed by atoms with van der Waals surface area (Å²) in [5.41, 5.74) is 2.54. The van der Waals surface area contributed by atoms with Gasteiger partial charge in [0.1, 0.15) is 5.00 Å². The maximum Gasteiger partial charge on any atom is 0.341 e. The van der Waals surface area contributed by atoms with Gasteiger partial charge in [0.05, 0.1) is 34.9 Å². The Morgan fingerprint density at radius 3 is 2.27 bits per heavy atom. The van der Waals surface area contributed by atoms with E-state index in [0.29, 0.717) is 10.6 Å². The number of rotatable bonds is 9. The van der Waals surface area contributed by atoms with Crippen LogP contribution in [-0.2, 0) is 34.1 Å². The highest BCUT2D eigenvalue weighted by Crippen LogP contribution is 2.39. The van der Waals surface area contributed by atoms with Crippen molar-refractivity contribution in [1.82, 2.24) is 0 Å². The number of ether oxygens (including phenoxy) is 1. The van der Waals surface area contributed by atoms with E-state index in [1.165, 1.54) is 27.8 Å². The molecule has 7 nitrogen and oxygen atoms in total. The number of thiophene rings is 1. The molecule has 0 radical (unpaired) electrons. The zero-order chi connectivity index (χ0) is 28.1. The number of amides is 1. The molecule has 0 unspecified atom stereocenters. The van der Waals surface area contributed by atoms with E-state index < -0.39 is 21.9 Å². The average Bonchev–Trinajstić information content (AvgIpc) is 3.35. The van der Waals surface area contributed by atoms with Gasteiger partial charge >= 0.3 is 5.97 Å². The van der Waals surface area contributed by atoms with Crippen LogP contribution in [0.1, 0.15) is 56.5 Å². The minimum absolute atomic E-state index is 0.0315. The molecule has 1 heterocycles. The third-order valence-corrected chi connectivity index (χ3v) is 9.78. The molecule has 40 heavy (non-hydrogen) atoms. The number of sulfonamides is 1. The van der Waals surface area contributed by atoms with E-state index >= 15 is 0 Å². The standard InChI is InChI=1S/C31H30N2O5S2/c1-2-38-31(35)28-25-18-10-12-20-27(25)39-30(28)32-29(34)24-17-9-11-19-26(24)33(21-22-13-5-3-6-14-22)40(36,37)23-15-7-4-8-16-23/h3-9,11,13-17,19H,2,10,12,18,20-21H2,1H3,(H,32,34). The lowest BCUT2D eigenvalue weighted by molar-refractivity contribution is 0.0526. The molecule has 9 heteroatoms. The number of benzene rings is 3. The number of carbonyl (C=O) groups is 2. The molecule has 1 aliphatic rings. The predicted molar refractivity (Wildman–Crippen MR) is 158 cm³/mol. The Hall–Kier alpha value is -3.95. The summed E-state index contributed by atoms with van der Waals surface area (Å²) in [5.74, 6) is -0.955. The monoisotopic (exact) mass is 574 g/mol. The number of esters is 1. The second-order valence-electron chi connectivity index (χ2n) is 9.42. The first-order valence-corrected chi connectivity index (χ1v) is 15.5. The molecule has 0 saturated carbocycles. The van der Waals surface area contributed by atoms with Crippen LogP contribution in [0.3, 0.4) is 0 Å². The lowest BCUT2D eigenvalue weighted by Gasteiger charge is -2.26. The fourth-order valence-electron chi connectivity index (χ4n) is 4.90. The molecule has 0 saturated heterocycles. The van der Waals surface area contributed by atoms with Gasteiger partial charge in [-0.05, 0) is 68.0 Å². The number of carbonyl (C=O) groups excluding carboxylic acids is 2. The molecule has 0 fully saturated rings. The maximum atomic E-state index is 14.0. The highest BCUT2D eigenvalue weighted by molar-refractivity contribution is 7.92. The summed E-state index contributed by atoms with van der Waals surface area (Å²) >= 11 is 1.39. The van der Waals surface area contributed by atoms with Crippen LogP contribution in [0.5, 0.6) is 0 Å². The first-order valence-electron chi connectivity index (χ1n) is 13.2. The van der Waals surface area contributed by atoms with Crippen molar-refractivity contribution in [2.45, 2.75) is 44.0 Å². The molecule has 206 valence electrons. The van der Waals surface area contributed by atoms with Crippen LogP contribution >= 0.6 is 11.3 Å². The summed E-state index contributed by atoms with van der Waals surface area (Å²) in [7, 11) is -4.03. The summed E-state index contributed by atoms with van der Waals surface area (Å²) in [6.07, 6.45) is 3.60. The van der Waals surface area contributed by atoms with Crippen molar-refractivity contribution in [3.63, 3.8) is 0 Å². The molecule has 1 aliphatic carbocycles. The number of nitrogens with one attached hydrogen (secondary N) is 1. The molecule has 0 atom stereocenters. The smallest absolute Gasteiger partial charge is 0.341 e. The van der Waals surface area contributed by atoms with Crippen molar-refractivity contribution in [3.8, 4) is 0 Å².